The number of nitrogens with two attached hydrogens (primary N) is 2. The molecule has 1 fully saturated rings. The molecule has 0 saturated carbocycles. The Labute approximate surface area is 276 Å². The van der Waals surface area contributed by atoms with E-state index < -0.39 is 29.6 Å². The summed E-state index contributed by atoms with van der Waals surface area (Å²) in [5, 5.41) is 9.75. The highest BCUT2D eigenvalue weighted by Gasteiger charge is 2.63. The third kappa shape index (κ3) is 4.19. The standard InChI is InChI=1S/C36H40N6O6/c1-35-36(46-2,19-47-27(43)14-16-39-33(44)23(38)11-7-8-15-37)17-26(48-35)41-24-12-5-3-9-20(24)29-30-22(18-40-34(30)45)28-21-10-4-6-13-25(21)42(35)32(28)31(29)41/h3-6,9-10,12-13,23,26H,7-8,11,14-19,37-38H2,1-2H3,(H,39,44)(H,40,45)/t23?,26?,35-,36-/m0/s1. The van der Waals surface area contributed by atoms with Crippen molar-refractivity contribution in [2.45, 2.75) is 69.2 Å². The van der Waals surface area contributed by atoms with Crippen LogP contribution < -0.4 is 22.1 Å². The first kappa shape index (κ1) is 30.8. The molecule has 6 N–H and O–H groups in total. The van der Waals surface area contributed by atoms with Crippen LogP contribution in [0, 0.1) is 0 Å². The van der Waals surface area contributed by atoms with Crippen molar-refractivity contribution in [3.05, 3.63) is 59.7 Å². The summed E-state index contributed by atoms with van der Waals surface area (Å²) >= 11 is 0. The maximum absolute atomic E-state index is 13.5. The van der Waals surface area contributed by atoms with Gasteiger partial charge in [0.2, 0.25) is 5.91 Å². The van der Waals surface area contributed by atoms with Crippen LogP contribution in [0.3, 0.4) is 0 Å². The molecule has 48 heavy (non-hydrogen) atoms. The van der Waals surface area contributed by atoms with Crippen molar-refractivity contribution in [1.29, 1.82) is 0 Å². The Morgan fingerprint density at radius 1 is 1.08 bits per heavy atom. The van der Waals surface area contributed by atoms with Crippen molar-refractivity contribution in [3.63, 3.8) is 0 Å². The van der Waals surface area contributed by atoms with E-state index in [2.05, 4.69) is 44.0 Å². The quantitative estimate of drug-likeness (QED) is 0.124. The Morgan fingerprint density at radius 3 is 2.56 bits per heavy atom. The number of hydrogen-bond donors (Lipinski definition) is 4. The number of unbranched alkanes of at least 4 members (excludes halogenated alkanes) is 1. The van der Waals surface area contributed by atoms with Gasteiger partial charge in [0.1, 0.15) is 12.8 Å². The minimum atomic E-state index is -1.12. The molecule has 0 aliphatic carbocycles. The zero-order chi connectivity index (χ0) is 33.4. The van der Waals surface area contributed by atoms with Gasteiger partial charge in [-0.1, -0.05) is 42.8 Å². The molecule has 0 spiro atoms. The Morgan fingerprint density at radius 2 is 1.81 bits per heavy atom. The summed E-state index contributed by atoms with van der Waals surface area (Å²) in [6.07, 6.45) is 1.98. The minimum absolute atomic E-state index is 0.0163. The average Bonchev–Trinajstić information content (AvgIpc) is 3.80. The second kappa shape index (κ2) is 11.3. The minimum Gasteiger partial charge on any atom is -0.462 e. The predicted octanol–water partition coefficient (Wildman–Crippen LogP) is 3.64. The average molecular weight is 653 g/mol. The molecule has 2 amide bonds. The number of carbonyl (C=O) groups is 3. The number of carbonyl (C=O) groups excluding carboxylic acids is 3. The van der Waals surface area contributed by atoms with Crippen molar-refractivity contribution in [1.82, 2.24) is 19.8 Å². The number of benzene rings is 3. The Kier molecular flexibility index (Phi) is 7.26. The van der Waals surface area contributed by atoms with E-state index >= 15 is 0 Å². The Bertz CT molecular complexity index is 2150. The summed E-state index contributed by atoms with van der Waals surface area (Å²) in [5.74, 6) is -0.841. The van der Waals surface area contributed by atoms with Gasteiger partial charge in [0.05, 0.1) is 40.1 Å². The molecule has 4 atom stereocenters. The van der Waals surface area contributed by atoms with E-state index in [0.29, 0.717) is 31.5 Å². The van der Waals surface area contributed by atoms with Crippen LogP contribution in [0.15, 0.2) is 48.5 Å². The van der Waals surface area contributed by atoms with Gasteiger partial charge in [-0.2, -0.15) is 0 Å². The first-order valence-electron chi connectivity index (χ1n) is 16.7. The number of aromatic nitrogens is 2. The molecule has 2 bridgehead atoms. The van der Waals surface area contributed by atoms with Gasteiger partial charge in [-0.25, -0.2) is 0 Å². The van der Waals surface area contributed by atoms with Crippen LogP contribution in [-0.2, 0) is 36.1 Å². The lowest BCUT2D eigenvalue weighted by Gasteiger charge is -2.42. The van der Waals surface area contributed by atoms with Gasteiger partial charge in [-0.05, 0) is 44.0 Å². The lowest BCUT2D eigenvalue weighted by molar-refractivity contribution is -0.208. The van der Waals surface area contributed by atoms with Gasteiger partial charge in [-0.3, -0.25) is 14.4 Å². The van der Waals surface area contributed by atoms with Gasteiger partial charge in [-0.15, -0.1) is 0 Å². The zero-order valence-electron chi connectivity index (χ0n) is 27.1. The molecule has 5 heterocycles. The number of amides is 2. The SMILES string of the molecule is CO[C@]1(COC(=O)CCNC(=O)C(N)CCCCN)CC2O[C@]1(C)n1c3ccccc3c3c4c(c5c6ccccc6n2c5c31)C(=O)NC4. The molecule has 2 aromatic heterocycles. The fraction of sp³-hybridized carbons (Fsp3) is 0.417. The number of hydrogen-bond acceptors (Lipinski definition) is 8. The fourth-order valence-corrected chi connectivity index (χ4v) is 8.36. The van der Waals surface area contributed by atoms with Gasteiger partial charge >= 0.3 is 5.97 Å². The lowest BCUT2D eigenvalue weighted by atomic mass is 9.89. The number of nitrogens with one attached hydrogen (secondary N) is 2. The number of para-hydroxylation sites is 2. The van der Waals surface area contributed by atoms with Crippen LogP contribution in [0.25, 0.3) is 43.6 Å². The monoisotopic (exact) mass is 652 g/mol. The van der Waals surface area contributed by atoms with E-state index in [1.165, 1.54) is 0 Å². The third-order valence-corrected chi connectivity index (χ3v) is 10.7. The zero-order valence-corrected chi connectivity index (χ0v) is 27.1. The number of rotatable bonds is 11. The molecule has 3 aliphatic rings. The summed E-state index contributed by atoms with van der Waals surface area (Å²) in [5.41, 5.74) is 14.8. The van der Waals surface area contributed by atoms with Gasteiger partial charge in [0.15, 0.2) is 11.3 Å². The number of methoxy groups -OCH3 is 1. The predicted molar refractivity (Wildman–Crippen MR) is 181 cm³/mol. The maximum Gasteiger partial charge on any atom is 0.307 e. The molecule has 3 aromatic carbocycles. The molecule has 1 saturated heterocycles. The normalized spacial score (nSPS) is 23.2. The number of esters is 1. The highest BCUT2D eigenvalue weighted by atomic mass is 16.6. The molecule has 5 aromatic rings. The molecule has 12 heteroatoms. The van der Waals surface area contributed by atoms with Crippen LogP contribution >= 0.6 is 0 Å². The van der Waals surface area contributed by atoms with Crippen molar-refractivity contribution < 1.29 is 28.6 Å². The van der Waals surface area contributed by atoms with Crippen LogP contribution in [0.1, 0.15) is 61.2 Å². The van der Waals surface area contributed by atoms with Crippen molar-refractivity contribution in [2.75, 3.05) is 26.8 Å². The molecule has 8 rings (SSSR count). The summed E-state index contributed by atoms with van der Waals surface area (Å²) in [6.45, 7) is 3.02. The number of nitrogens with zero attached hydrogens (tertiary/aromatic N) is 2. The van der Waals surface area contributed by atoms with Crippen molar-refractivity contribution in [2.24, 2.45) is 11.5 Å². The van der Waals surface area contributed by atoms with Crippen LogP contribution in [0.2, 0.25) is 0 Å². The van der Waals surface area contributed by atoms with Crippen LogP contribution in [-0.4, -0.2) is 65.4 Å². The molecule has 2 unspecified atom stereocenters. The van der Waals surface area contributed by atoms with E-state index in [9.17, 15) is 14.4 Å². The second-order valence-corrected chi connectivity index (χ2v) is 13.3. The molecule has 12 nitrogen and oxygen atoms in total. The van der Waals surface area contributed by atoms with Gasteiger partial charge < -0.3 is 45.4 Å². The maximum atomic E-state index is 13.5. The topological polar surface area (TPSA) is 165 Å². The van der Waals surface area contributed by atoms with Crippen molar-refractivity contribution in [3.8, 4) is 0 Å². The first-order chi connectivity index (χ1) is 23.2. The van der Waals surface area contributed by atoms with E-state index in [1.54, 1.807) is 7.11 Å². The van der Waals surface area contributed by atoms with E-state index in [-0.39, 0.29) is 31.4 Å². The summed E-state index contributed by atoms with van der Waals surface area (Å²) in [6, 6.07) is 15.6. The van der Waals surface area contributed by atoms with Crippen LogP contribution in [0.5, 0.6) is 0 Å². The largest absolute Gasteiger partial charge is 0.462 e. The Hall–Kier alpha value is -4.49. The summed E-state index contributed by atoms with van der Waals surface area (Å²) in [7, 11) is 1.63. The Balaban J connectivity index is 1.19. The van der Waals surface area contributed by atoms with E-state index in [1.807, 2.05) is 31.2 Å². The number of fused-ring (bicyclic) bond motifs is 13. The molecule has 0 radical (unpaired) electrons. The molecule has 250 valence electrons. The molecule has 3 aliphatic heterocycles. The fourth-order valence-electron chi connectivity index (χ4n) is 8.36. The first-order valence-corrected chi connectivity index (χ1v) is 16.7. The summed E-state index contributed by atoms with van der Waals surface area (Å²) in [4.78, 5) is 39.0. The van der Waals surface area contributed by atoms with Gasteiger partial charge in [0, 0.05) is 48.2 Å². The van der Waals surface area contributed by atoms with E-state index in [0.717, 1.165) is 62.0 Å². The third-order valence-electron chi connectivity index (χ3n) is 10.7. The number of ether oxygens (including phenoxy) is 3. The molecular formula is C36H40N6O6. The van der Waals surface area contributed by atoms with Crippen molar-refractivity contribution >= 4 is 61.4 Å². The second-order valence-electron chi connectivity index (χ2n) is 13.3. The van der Waals surface area contributed by atoms with Gasteiger partial charge in [0.25, 0.3) is 5.91 Å². The highest BCUT2D eigenvalue weighted by Crippen LogP contribution is 2.58. The molecular weight excluding hydrogens is 612 g/mol. The van der Waals surface area contributed by atoms with E-state index in [4.69, 9.17) is 25.7 Å². The highest BCUT2D eigenvalue weighted by molar-refractivity contribution is 6.31. The smallest absolute Gasteiger partial charge is 0.307 e. The summed E-state index contributed by atoms with van der Waals surface area (Å²) < 4.78 is 23.9. The van der Waals surface area contributed by atoms with Crippen LogP contribution in [0.4, 0.5) is 0 Å². The lowest BCUT2D eigenvalue weighted by Crippen LogP contribution is -2.55.